The lowest BCUT2D eigenvalue weighted by molar-refractivity contribution is -0.114. The third kappa shape index (κ3) is 2.69. The van der Waals surface area contributed by atoms with Gasteiger partial charge in [-0.3, -0.25) is 4.79 Å². The van der Waals surface area contributed by atoms with E-state index in [0.717, 1.165) is 11.3 Å². The highest BCUT2D eigenvalue weighted by Gasteiger charge is 2.10. The van der Waals surface area contributed by atoms with Crippen LogP contribution in [0.15, 0.2) is 71.8 Å². The van der Waals surface area contributed by atoms with Crippen LogP contribution < -0.4 is 0 Å². The zero-order valence-electron chi connectivity index (χ0n) is 10.5. The summed E-state index contributed by atoms with van der Waals surface area (Å²) in [6.45, 7) is 0. The normalized spacial score (nSPS) is 22.9. The molecule has 0 saturated heterocycles. The Hall–Kier alpha value is -2.29. The minimum atomic E-state index is -0.0973. The van der Waals surface area contributed by atoms with Crippen LogP contribution in [0.2, 0.25) is 0 Å². The Morgan fingerprint density at radius 1 is 1.17 bits per heavy atom. The van der Waals surface area contributed by atoms with Gasteiger partial charge in [-0.15, -0.1) is 0 Å². The second-order valence-electron chi connectivity index (χ2n) is 3.98. The molecular weight excluding hydrogens is 226 g/mol. The monoisotopic (exact) mass is 241 g/mol. The summed E-state index contributed by atoms with van der Waals surface area (Å²) >= 11 is 0. The molecule has 2 aliphatic rings. The zero-order valence-corrected chi connectivity index (χ0v) is 10.5. The number of allylic oxidation sites excluding steroid dienone is 9. The number of ether oxygens (including phenoxy) is 1. The predicted octanol–water partition coefficient (Wildman–Crippen LogP) is 2.48. The molecule has 0 aromatic carbocycles. The second-order valence-corrected chi connectivity index (χ2v) is 3.98. The SMILES string of the molecule is COC1=C/C(=C/C=C2/C=CC=CN2C)C=CC1=O. The summed E-state index contributed by atoms with van der Waals surface area (Å²) in [5.74, 6) is 0.273. The molecule has 0 N–H and O–H groups in total. The largest absolute Gasteiger partial charge is 0.493 e. The van der Waals surface area contributed by atoms with Crippen molar-refractivity contribution in [3.8, 4) is 0 Å². The van der Waals surface area contributed by atoms with Crippen LogP contribution >= 0.6 is 0 Å². The molecule has 0 amide bonds. The van der Waals surface area contributed by atoms with Crippen LogP contribution in [0.4, 0.5) is 0 Å². The van der Waals surface area contributed by atoms with Crippen LogP contribution in [0.1, 0.15) is 0 Å². The van der Waals surface area contributed by atoms with Gasteiger partial charge < -0.3 is 9.64 Å². The molecule has 0 aromatic heterocycles. The van der Waals surface area contributed by atoms with E-state index in [1.165, 1.54) is 13.2 Å². The van der Waals surface area contributed by atoms with Crippen molar-refractivity contribution < 1.29 is 9.53 Å². The molecule has 0 saturated carbocycles. The maximum atomic E-state index is 11.4. The van der Waals surface area contributed by atoms with Crippen LogP contribution in [0, 0.1) is 0 Å². The molecule has 0 fully saturated rings. The Morgan fingerprint density at radius 2 is 2.00 bits per heavy atom. The Balaban J connectivity index is 2.20. The summed E-state index contributed by atoms with van der Waals surface area (Å²) in [5, 5.41) is 0. The third-order valence-electron chi connectivity index (χ3n) is 2.73. The number of carbonyl (C=O) groups excluding carboxylic acids is 1. The molecule has 0 bridgehead atoms. The van der Waals surface area contributed by atoms with E-state index in [1.54, 1.807) is 12.2 Å². The highest BCUT2D eigenvalue weighted by atomic mass is 16.5. The molecule has 0 aromatic rings. The minimum Gasteiger partial charge on any atom is -0.493 e. The lowest BCUT2D eigenvalue weighted by Crippen LogP contribution is -2.09. The molecular formula is C15H15NO2. The van der Waals surface area contributed by atoms with Gasteiger partial charge in [0.2, 0.25) is 5.78 Å². The molecule has 18 heavy (non-hydrogen) atoms. The summed E-state index contributed by atoms with van der Waals surface area (Å²) in [6, 6.07) is 0. The second kappa shape index (κ2) is 5.36. The Kier molecular flexibility index (Phi) is 3.63. The summed E-state index contributed by atoms with van der Waals surface area (Å²) in [4.78, 5) is 13.4. The molecule has 0 spiro atoms. The van der Waals surface area contributed by atoms with Crippen molar-refractivity contribution in [1.82, 2.24) is 4.90 Å². The summed E-state index contributed by atoms with van der Waals surface area (Å²) in [6.07, 6.45) is 17.0. The number of ketones is 1. The standard InChI is InChI=1S/C15H15NO2/c1-16-10-4-3-5-13(16)8-6-12-7-9-14(17)15(11-12)18-2/h3-11H,1-2H3/b12-6+,13-8-. The van der Waals surface area contributed by atoms with Gasteiger partial charge in [0.25, 0.3) is 0 Å². The van der Waals surface area contributed by atoms with Gasteiger partial charge in [0.1, 0.15) is 0 Å². The van der Waals surface area contributed by atoms with Gasteiger partial charge >= 0.3 is 0 Å². The first-order chi connectivity index (χ1) is 8.70. The first-order valence-corrected chi connectivity index (χ1v) is 5.68. The molecule has 2 rings (SSSR count). The number of nitrogens with zero attached hydrogens (tertiary/aromatic N) is 1. The first kappa shape index (κ1) is 12.2. The van der Waals surface area contributed by atoms with Crippen LogP contribution in [0.25, 0.3) is 0 Å². The van der Waals surface area contributed by atoms with Gasteiger partial charge in [-0.2, -0.15) is 0 Å². The molecule has 0 radical (unpaired) electrons. The van der Waals surface area contributed by atoms with Gasteiger partial charge in [-0.05, 0) is 36.0 Å². The van der Waals surface area contributed by atoms with Crippen LogP contribution in [-0.4, -0.2) is 24.8 Å². The van der Waals surface area contributed by atoms with Crippen molar-refractivity contribution in [1.29, 1.82) is 0 Å². The number of carbonyl (C=O) groups is 1. The van der Waals surface area contributed by atoms with Crippen molar-refractivity contribution in [2.24, 2.45) is 0 Å². The van der Waals surface area contributed by atoms with E-state index < -0.39 is 0 Å². The van der Waals surface area contributed by atoms with Crippen LogP contribution in [0.5, 0.6) is 0 Å². The van der Waals surface area contributed by atoms with E-state index in [1.807, 2.05) is 48.5 Å². The van der Waals surface area contributed by atoms with E-state index in [9.17, 15) is 4.79 Å². The van der Waals surface area contributed by atoms with Gasteiger partial charge in [-0.1, -0.05) is 18.2 Å². The van der Waals surface area contributed by atoms with Crippen molar-refractivity contribution in [2.45, 2.75) is 0 Å². The molecule has 3 heteroatoms. The summed E-state index contributed by atoms with van der Waals surface area (Å²) in [5.41, 5.74) is 2.03. The van der Waals surface area contributed by atoms with Crippen LogP contribution in [-0.2, 0) is 9.53 Å². The first-order valence-electron chi connectivity index (χ1n) is 5.68. The molecule has 0 atom stereocenters. The molecule has 1 heterocycles. The van der Waals surface area contributed by atoms with E-state index in [-0.39, 0.29) is 5.78 Å². The molecule has 3 nitrogen and oxygen atoms in total. The fourth-order valence-corrected chi connectivity index (χ4v) is 1.68. The molecule has 0 unspecified atom stereocenters. The number of rotatable bonds is 2. The van der Waals surface area contributed by atoms with E-state index >= 15 is 0 Å². The number of hydrogen-bond acceptors (Lipinski definition) is 3. The fraction of sp³-hybridized carbons (Fsp3) is 0.133. The maximum Gasteiger partial charge on any atom is 0.220 e. The average molecular weight is 241 g/mol. The highest BCUT2D eigenvalue weighted by Crippen LogP contribution is 2.15. The Bertz CT molecular complexity index is 531. The molecule has 92 valence electrons. The molecule has 1 aliphatic carbocycles. The van der Waals surface area contributed by atoms with Crippen molar-refractivity contribution >= 4 is 5.78 Å². The van der Waals surface area contributed by atoms with E-state index in [0.29, 0.717) is 5.76 Å². The maximum absolute atomic E-state index is 11.4. The fourth-order valence-electron chi connectivity index (χ4n) is 1.68. The van der Waals surface area contributed by atoms with Crippen LogP contribution in [0.3, 0.4) is 0 Å². The third-order valence-corrected chi connectivity index (χ3v) is 2.73. The van der Waals surface area contributed by atoms with Crippen molar-refractivity contribution in [3.05, 3.63) is 71.8 Å². The zero-order chi connectivity index (χ0) is 13.0. The van der Waals surface area contributed by atoms with Gasteiger partial charge in [-0.25, -0.2) is 0 Å². The number of methoxy groups -OCH3 is 1. The summed E-state index contributed by atoms with van der Waals surface area (Å²) < 4.78 is 5.01. The van der Waals surface area contributed by atoms with E-state index in [2.05, 4.69) is 0 Å². The van der Waals surface area contributed by atoms with Gasteiger partial charge in [0.05, 0.1) is 7.11 Å². The average Bonchev–Trinajstić information content (AvgIpc) is 2.39. The topological polar surface area (TPSA) is 29.5 Å². The lowest BCUT2D eigenvalue weighted by Gasteiger charge is -2.17. The smallest absolute Gasteiger partial charge is 0.220 e. The van der Waals surface area contributed by atoms with Gasteiger partial charge in [0, 0.05) is 18.9 Å². The predicted molar refractivity (Wildman–Crippen MR) is 71.4 cm³/mol. The Labute approximate surface area is 107 Å². The quantitative estimate of drug-likeness (QED) is 0.744. The minimum absolute atomic E-state index is 0.0973. The Morgan fingerprint density at radius 3 is 2.72 bits per heavy atom. The molecule has 1 aliphatic heterocycles. The van der Waals surface area contributed by atoms with Crippen molar-refractivity contribution in [3.63, 3.8) is 0 Å². The van der Waals surface area contributed by atoms with E-state index in [4.69, 9.17) is 4.74 Å². The highest BCUT2D eigenvalue weighted by molar-refractivity contribution is 6.04. The summed E-state index contributed by atoms with van der Waals surface area (Å²) in [7, 11) is 3.49. The van der Waals surface area contributed by atoms with Gasteiger partial charge in [0.15, 0.2) is 5.76 Å². The number of likely N-dealkylation sites (N-methyl/N-ethyl adjacent to an activating group) is 1. The lowest BCUT2D eigenvalue weighted by atomic mass is 10.1. The number of hydrogen-bond donors (Lipinski definition) is 0. The van der Waals surface area contributed by atoms with Crippen molar-refractivity contribution in [2.75, 3.05) is 14.2 Å².